The predicted molar refractivity (Wildman–Crippen MR) is 95.8 cm³/mol. The molecule has 0 aliphatic carbocycles. The summed E-state index contributed by atoms with van der Waals surface area (Å²) in [6.45, 7) is 2.28. The van der Waals surface area contributed by atoms with Gasteiger partial charge < -0.3 is 14.4 Å². The van der Waals surface area contributed by atoms with Crippen LogP contribution in [0.15, 0.2) is 48.1 Å². The van der Waals surface area contributed by atoms with E-state index in [0.29, 0.717) is 12.1 Å². The average Bonchev–Trinajstić information content (AvgIpc) is 3.03. The highest BCUT2D eigenvalue weighted by atomic mass is 16.6. The number of cyclic esters (lactones) is 1. The standard InChI is InChI=1S/C20H18N2O4/c1-3-16-18-13(8-12-6-4-5-7-15(12)21-18)10-22(16)19(23)14-9-17(25-2)20(24)26-11-14/h3-9,17H,10-11H2,1-2H3/b16-3+. The number of aromatic nitrogens is 1. The molecule has 3 heterocycles. The van der Waals surface area contributed by atoms with E-state index < -0.39 is 12.1 Å². The second-order valence-corrected chi connectivity index (χ2v) is 6.21. The number of amides is 1. The molecule has 1 aromatic carbocycles. The Balaban J connectivity index is 1.70. The molecule has 132 valence electrons. The number of ether oxygens (including phenoxy) is 2. The number of hydrogen-bond acceptors (Lipinski definition) is 5. The van der Waals surface area contributed by atoms with E-state index in [9.17, 15) is 9.59 Å². The number of para-hydroxylation sites is 1. The van der Waals surface area contributed by atoms with Crippen molar-refractivity contribution in [2.24, 2.45) is 0 Å². The fourth-order valence-corrected chi connectivity index (χ4v) is 3.36. The zero-order valence-corrected chi connectivity index (χ0v) is 14.6. The van der Waals surface area contributed by atoms with Gasteiger partial charge in [0.15, 0.2) is 6.10 Å². The van der Waals surface area contributed by atoms with Gasteiger partial charge in [-0.1, -0.05) is 24.3 Å². The van der Waals surface area contributed by atoms with Gasteiger partial charge in [0.05, 0.1) is 29.0 Å². The number of hydrogen-bond donors (Lipinski definition) is 0. The molecule has 4 rings (SSSR count). The number of esters is 1. The molecule has 1 unspecified atom stereocenters. The van der Waals surface area contributed by atoms with Crippen molar-refractivity contribution >= 4 is 28.5 Å². The lowest BCUT2D eigenvalue weighted by Crippen LogP contribution is -2.35. The van der Waals surface area contributed by atoms with E-state index in [1.54, 1.807) is 4.90 Å². The van der Waals surface area contributed by atoms with Gasteiger partial charge in [-0.25, -0.2) is 9.78 Å². The normalized spacial score (nSPS) is 20.9. The number of methoxy groups -OCH3 is 1. The summed E-state index contributed by atoms with van der Waals surface area (Å²) < 4.78 is 10.1. The van der Waals surface area contributed by atoms with E-state index in [0.717, 1.165) is 27.9 Å². The van der Waals surface area contributed by atoms with Crippen LogP contribution in [0, 0.1) is 0 Å². The summed E-state index contributed by atoms with van der Waals surface area (Å²) in [5.74, 6) is -0.678. The van der Waals surface area contributed by atoms with Crippen LogP contribution in [0.25, 0.3) is 16.6 Å². The van der Waals surface area contributed by atoms with Gasteiger partial charge in [0.2, 0.25) is 0 Å². The van der Waals surface area contributed by atoms with Crippen molar-refractivity contribution in [2.75, 3.05) is 13.7 Å². The van der Waals surface area contributed by atoms with Gasteiger partial charge in [0.25, 0.3) is 5.91 Å². The minimum Gasteiger partial charge on any atom is -0.458 e. The van der Waals surface area contributed by atoms with Gasteiger partial charge in [-0.05, 0) is 25.1 Å². The first-order chi connectivity index (χ1) is 12.6. The van der Waals surface area contributed by atoms with Gasteiger partial charge in [0, 0.05) is 18.1 Å². The molecule has 26 heavy (non-hydrogen) atoms. The number of nitrogens with zero attached hydrogens (tertiary/aromatic N) is 2. The van der Waals surface area contributed by atoms with Crippen LogP contribution in [0.2, 0.25) is 0 Å². The highest BCUT2D eigenvalue weighted by Gasteiger charge is 2.34. The molecule has 0 fully saturated rings. The number of benzene rings is 1. The molecule has 0 radical (unpaired) electrons. The summed E-state index contributed by atoms with van der Waals surface area (Å²) in [5, 5.41) is 1.04. The Morgan fingerprint density at radius 3 is 2.96 bits per heavy atom. The fourth-order valence-electron chi connectivity index (χ4n) is 3.36. The second-order valence-electron chi connectivity index (χ2n) is 6.21. The summed E-state index contributed by atoms with van der Waals surface area (Å²) in [5.41, 5.74) is 3.89. The average molecular weight is 350 g/mol. The summed E-state index contributed by atoms with van der Waals surface area (Å²) in [6.07, 6.45) is 2.57. The van der Waals surface area contributed by atoms with Crippen LogP contribution in [-0.2, 0) is 25.6 Å². The van der Waals surface area contributed by atoms with Crippen LogP contribution in [0.1, 0.15) is 18.2 Å². The third-order valence-electron chi connectivity index (χ3n) is 4.67. The van der Waals surface area contributed by atoms with Crippen molar-refractivity contribution in [3.63, 3.8) is 0 Å². The Morgan fingerprint density at radius 2 is 2.19 bits per heavy atom. The molecule has 1 amide bonds. The van der Waals surface area contributed by atoms with Gasteiger partial charge >= 0.3 is 5.97 Å². The number of carbonyl (C=O) groups excluding carboxylic acids is 2. The molecule has 0 N–H and O–H groups in total. The third-order valence-corrected chi connectivity index (χ3v) is 4.67. The summed E-state index contributed by atoms with van der Waals surface area (Å²) >= 11 is 0. The number of carbonyl (C=O) groups is 2. The van der Waals surface area contributed by atoms with Crippen LogP contribution in [0.5, 0.6) is 0 Å². The molecule has 6 heteroatoms. The fraction of sp³-hybridized carbons (Fsp3) is 0.250. The van der Waals surface area contributed by atoms with Crippen molar-refractivity contribution in [1.82, 2.24) is 9.88 Å². The van der Waals surface area contributed by atoms with Crippen molar-refractivity contribution in [2.45, 2.75) is 19.6 Å². The molecular weight excluding hydrogens is 332 g/mol. The summed E-state index contributed by atoms with van der Waals surface area (Å²) in [4.78, 5) is 31.1. The topological polar surface area (TPSA) is 68.7 Å². The van der Waals surface area contributed by atoms with Crippen molar-refractivity contribution < 1.29 is 19.1 Å². The van der Waals surface area contributed by atoms with E-state index in [4.69, 9.17) is 14.5 Å². The minimum atomic E-state index is -0.845. The Labute approximate surface area is 150 Å². The zero-order chi connectivity index (χ0) is 18.3. The monoisotopic (exact) mass is 350 g/mol. The third kappa shape index (κ3) is 2.59. The Morgan fingerprint density at radius 1 is 1.38 bits per heavy atom. The van der Waals surface area contributed by atoms with Gasteiger partial charge in [-0.3, -0.25) is 4.79 Å². The number of rotatable bonds is 2. The molecule has 2 aliphatic heterocycles. The van der Waals surface area contributed by atoms with E-state index >= 15 is 0 Å². The second kappa shape index (κ2) is 6.38. The van der Waals surface area contributed by atoms with Gasteiger partial charge in [-0.2, -0.15) is 0 Å². The molecule has 0 saturated carbocycles. The molecule has 6 nitrogen and oxygen atoms in total. The molecule has 1 atom stereocenters. The van der Waals surface area contributed by atoms with Crippen LogP contribution in [0.4, 0.5) is 0 Å². The lowest BCUT2D eigenvalue weighted by Gasteiger charge is -2.23. The van der Waals surface area contributed by atoms with E-state index in [1.165, 1.54) is 13.2 Å². The maximum absolute atomic E-state index is 13.0. The summed E-state index contributed by atoms with van der Waals surface area (Å²) in [7, 11) is 1.41. The Bertz CT molecular complexity index is 977. The van der Waals surface area contributed by atoms with Crippen molar-refractivity contribution in [3.8, 4) is 0 Å². The Kier molecular flexibility index (Phi) is 4.05. The largest absolute Gasteiger partial charge is 0.458 e. The number of allylic oxidation sites excluding steroid dienone is 1. The SMILES string of the molecule is C/C=C1\c2nc3ccccc3cc2CN1C(=O)C1=CC(OC)C(=O)OC1. The number of fused-ring (bicyclic) bond motifs is 2. The lowest BCUT2D eigenvalue weighted by atomic mass is 10.1. The maximum Gasteiger partial charge on any atom is 0.339 e. The van der Waals surface area contributed by atoms with Gasteiger partial charge in [0.1, 0.15) is 6.61 Å². The summed E-state index contributed by atoms with van der Waals surface area (Å²) in [6, 6.07) is 9.95. The molecule has 1 aromatic heterocycles. The molecule has 0 bridgehead atoms. The molecule has 2 aliphatic rings. The van der Waals surface area contributed by atoms with E-state index in [-0.39, 0.29) is 12.5 Å². The minimum absolute atomic E-state index is 0.0449. The van der Waals surface area contributed by atoms with E-state index in [1.807, 2.05) is 37.3 Å². The lowest BCUT2D eigenvalue weighted by molar-refractivity contribution is -0.153. The maximum atomic E-state index is 13.0. The zero-order valence-electron chi connectivity index (χ0n) is 14.6. The first kappa shape index (κ1) is 16.5. The van der Waals surface area contributed by atoms with Gasteiger partial charge in [-0.15, -0.1) is 0 Å². The van der Waals surface area contributed by atoms with Crippen LogP contribution >= 0.6 is 0 Å². The predicted octanol–water partition coefficient (Wildman–Crippen LogP) is 2.44. The first-order valence-corrected chi connectivity index (χ1v) is 8.39. The first-order valence-electron chi connectivity index (χ1n) is 8.39. The number of pyridine rings is 1. The Hall–Kier alpha value is -2.99. The molecule has 0 spiro atoms. The van der Waals surface area contributed by atoms with Crippen LogP contribution < -0.4 is 0 Å². The van der Waals surface area contributed by atoms with Crippen molar-refractivity contribution in [3.05, 3.63) is 59.3 Å². The quantitative estimate of drug-likeness (QED) is 0.778. The highest BCUT2D eigenvalue weighted by Crippen LogP contribution is 2.34. The van der Waals surface area contributed by atoms with Crippen LogP contribution in [-0.4, -0.2) is 41.6 Å². The highest BCUT2D eigenvalue weighted by molar-refractivity contribution is 6.02. The van der Waals surface area contributed by atoms with Crippen molar-refractivity contribution in [1.29, 1.82) is 0 Å². The van der Waals surface area contributed by atoms with E-state index in [2.05, 4.69) is 6.07 Å². The van der Waals surface area contributed by atoms with Crippen LogP contribution in [0.3, 0.4) is 0 Å². The smallest absolute Gasteiger partial charge is 0.339 e. The molecule has 2 aromatic rings. The molecule has 0 saturated heterocycles. The molecular formula is C20H18N2O4.